The molecule has 0 aliphatic rings. The number of alkyl halides is 6. The zero-order chi connectivity index (χ0) is 23.9. The smallest absolute Gasteiger partial charge is 0.334 e. The molecule has 0 aromatic heterocycles. The molecule has 2 aromatic carbocycles. The van der Waals surface area contributed by atoms with Gasteiger partial charge in [0.1, 0.15) is 5.69 Å². The van der Waals surface area contributed by atoms with Gasteiger partial charge in [-0.25, -0.2) is 0 Å². The Hall–Kier alpha value is -2.42. The second-order valence-corrected chi connectivity index (χ2v) is 7.67. The standard InChI is InChI=1S/C16H9Br2F6N3O4/c1-2-25(13-9(15(19,20)21)3-7(17)4-11(13)18)14-10(16(22,23)24)5-8(26(28)29)6-12(14)27(30)31/h3-6H,2H2,1H3. The van der Waals surface area contributed by atoms with Crippen LogP contribution in [0.1, 0.15) is 18.1 Å². The summed E-state index contributed by atoms with van der Waals surface area (Å²) in [4.78, 5) is 20.4. The van der Waals surface area contributed by atoms with Crippen LogP contribution in [-0.4, -0.2) is 16.4 Å². The fourth-order valence-corrected chi connectivity index (χ4v) is 4.27. The van der Waals surface area contributed by atoms with Crippen LogP contribution in [0.4, 0.5) is 49.1 Å². The summed E-state index contributed by atoms with van der Waals surface area (Å²) in [6, 6.07) is 2.04. The zero-order valence-corrected chi connectivity index (χ0v) is 18.2. The van der Waals surface area contributed by atoms with Gasteiger partial charge >= 0.3 is 12.4 Å². The Morgan fingerprint density at radius 1 is 0.871 bits per heavy atom. The molecule has 0 saturated heterocycles. The lowest BCUT2D eigenvalue weighted by Gasteiger charge is -2.29. The van der Waals surface area contributed by atoms with Gasteiger partial charge in [-0.3, -0.25) is 20.2 Å². The average molecular weight is 581 g/mol. The van der Waals surface area contributed by atoms with Gasteiger partial charge in [-0.1, -0.05) is 15.9 Å². The van der Waals surface area contributed by atoms with E-state index in [1.54, 1.807) is 0 Å². The van der Waals surface area contributed by atoms with E-state index in [2.05, 4.69) is 31.9 Å². The fraction of sp³-hybridized carbons (Fsp3) is 0.250. The number of halogens is 8. The van der Waals surface area contributed by atoms with E-state index >= 15 is 0 Å². The molecule has 0 N–H and O–H groups in total. The Labute approximate surface area is 186 Å². The maximum atomic E-state index is 13.7. The van der Waals surface area contributed by atoms with E-state index in [9.17, 15) is 46.6 Å². The lowest BCUT2D eigenvalue weighted by atomic mass is 10.0. The zero-order valence-electron chi connectivity index (χ0n) is 15.0. The summed E-state index contributed by atoms with van der Waals surface area (Å²) in [6.07, 6.45) is -10.4. The molecule has 0 atom stereocenters. The van der Waals surface area contributed by atoms with Crippen LogP contribution in [0.5, 0.6) is 0 Å². The maximum Gasteiger partial charge on any atom is 0.418 e. The van der Waals surface area contributed by atoms with E-state index < -0.39 is 62.6 Å². The number of nitro groups is 2. The highest BCUT2D eigenvalue weighted by Crippen LogP contribution is 2.51. The Morgan fingerprint density at radius 2 is 1.39 bits per heavy atom. The van der Waals surface area contributed by atoms with E-state index in [0.717, 1.165) is 6.07 Å². The van der Waals surface area contributed by atoms with Gasteiger partial charge in [0.15, 0.2) is 0 Å². The number of nitrogens with zero attached hydrogens (tertiary/aromatic N) is 3. The molecule has 168 valence electrons. The third kappa shape index (κ3) is 5.08. The van der Waals surface area contributed by atoms with E-state index in [1.165, 1.54) is 6.92 Å². The number of nitro benzene ring substituents is 2. The number of rotatable bonds is 5. The third-order valence-corrected chi connectivity index (χ3v) is 5.04. The molecule has 0 heterocycles. The van der Waals surface area contributed by atoms with Crippen molar-refractivity contribution < 1.29 is 36.2 Å². The van der Waals surface area contributed by atoms with Crippen LogP contribution in [0.3, 0.4) is 0 Å². The van der Waals surface area contributed by atoms with Crippen molar-refractivity contribution in [1.82, 2.24) is 0 Å². The minimum atomic E-state index is -5.35. The minimum Gasteiger partial charge on any atom is -0.334 e. The predicted molar refractivity (Wildman–Crippen MR) is 104 cm³/mol. The SMILES string of the molecule is CCN(c1c(Br)cc(Br)cc1C(F)(F)F)c1c([N+](=O)[O-])cc([N+](=O)[O-])cc1C(F)(F)F. The number of anilines is 2. The number of non-ortho nitro benzene ring substituents is 1. The first-order chi connectivity index (χ1) is 14.1. The summed E-state index contributed by atoms with van der Waals surface area (Å²) >= 11 is 5.74. The minimum absolute atomic E-state index is 0.0466. The molecule has 0 bridgehead atoms. The second-order valence-electron chi connectivity index (χ2n) is 5.90. The average Bonchev–Trinajstić information content (AvgIpc) is 2.61. The molecule has 31 heavy (non-hydrogen) atoms. The first-order valence-corrected chi connectivity index (χ1v) is 9.56. The van der Waals surface area contributed by atoms with Crippen molar-refractivity contribution in [2.45, 2.75) is 19.3 Å². The van der Waals surface area contributed by atoms with E-state index in [1.807, 2.05) is 0 Å². The highest BCUT2D eigenvalue weighted by atomic mass is 79.9. The van der Waals surface area contributed by atoms with Gasteiger partial charge in [0.05, 0.1) is 32.7 Å². The molecule has 0 aliphatic carbocycles. The summed E-state index contributed by atoms with van der Waals surface area (Å²) in [5.74, 6) is 0. The molecule has 2 rings (SSSR count). The molecule has 0 amide bonds. The summed E-state index contributed by atoms with van der Waals surface area (Å²) in [5, 5.41) is 22.5. The quantitative estimate of drug-likeness (QED) is 0.211. The molecule has 0 fully saturated rings. The van der Waals surface area contributed by atoms with Crippen LogP contribution < -0.4 is 4.90 Å². The highest BCUT2D eigenvalue weighted by molar-refractivity contribution is 9.11. The molecule has 0 unspecified atom stereocenters. The number of benzene rings is 2. The van der Waals surface area contributed by atoms with E-state index in [0.29, 0.717) is 11.0 Å². The van der Waals surface area contributed by atoms with Crippen molar-refractivity contribution in [3.8, 4) is 0 Å². The summed E-state index contributed by atoms with van der Waals surface area (Å²) < 4.78 is 81.8. The molecule has 0 saturated carbocycles. The van der Waals surface area contributed by atoms with Crippen LogP contribution in [0.25, 0.3) is 0 Å². The summed E-state index contributed by atoms with van der Waals surface area (Å²) in [5.41, 5.74) is -7.87. The van der Waals surface area contributed by atoms with Crippen LogP contribution in [0.15, 0.2) is 33.2 Å². The highest BCUT2D eigenvalue weighted by Gasteiger charge is 2.44. The molecule has 0 radical (unpaired) electrons. The Kier molecular flexibility index (Phi) is 6.90. The Morgan fingerprint density at radius 3 is 1.81 bits per heavy atom. The van der Waals surface area contributed by atoms with Crippen LogP contribution in [0.2, 0.25) is 0 Å². The van der Waals surface area contributed by atoms with Crippen LogP contribution in [0, 0.1) is 20.2 Å². The molecule has 0 aliphatic heterocycles. The van der Waals surface area contributed by atoms with Gasteiger partial charge in [-0.15, -0.1) is 0 Å². The first-order valence-electron chi connectivity index (χ1n) is 7.97. The predicted octanol–water partition coefficient (Wildman–Crippen LogP) is 7.22. The second kappa shape index (κ2) is 8.61. The van der Waals surface area contributed by atoms with Crippen LogP contribution in [-0.2, 0) is 12.4 Å². The van der Waals surface area contributed by atoms with Gasteiger partial charge in [0.25, 0.3) is 11.4 Å². The molecule has 2 aromatic rings. The van der Waals surface area contributed by atoms with Gasteiger partial charge in [0.2, 0.25) is 0 Å². The van der Waals surface area contributed by atoms with Crippen molar-refractivity contribution in [3.63, 3.8) is 0 Å². The van der Waals surface area contributed by atoms with Crippen LogP contribution >= 0.6 is 31.9 Å². The molecule has 15 heteroatoms. The maximum absolute atomic E-state index is 13.7. The molecule has 7 nitrogen and oxygen atoms in total. The summed E-state index contributed by atoms with van der Waals surface area (Å²) in [6.45, 7) is 0.616. The molecular weight excluding hydrogens is 572 g/mol. The van der Waals surface area contributed by atoms with E-state index in [-0.39, 0.29) is 21.1 Å². The van der Waals surface area contributed by atoms with Gasteiger partial charge in [-0.2, -0.15) is 26.3 Å². The van der Waals surface area contributed by atoms with Crippen molar-refractivity contribution >= 4 is 54.6 Å². The van der Waals surface area contributed by atoms with Gasteiger partial charge in [0, 0.05) is 21.6 Å². The van der Waals surface area contributed by atoms with Gasteiger partial charge in [-0.05, 0) is 35.0 Å². The molecule has 0 spiro atoms. The Bertz CT molecular complexity index is 1060. The monoisotopic (exact) mass is 579 g/mol. The first kappa shape index (κ1) is 24.8. The van der Waals surface area contributed by atoms with Crippen molar-refractivity contribution in [3.05, 3.63) is 64.6 Å². The molecular formula is C16H9Br2F6N3O4. The Balaban J connectivity index is 3.05. The topological polar surface area (TPSA) is 89.5 Å². The largest absolute Gasteiger partial charge is 0.418 e. The third-order valence-electron chi connectivity index (χ3n) is 3.98. The van der Waals surface area contributed by atoms with Gasteiger partial charge < -0.3 is 4.90 Å². The normalized spacial score (nSPS) is 12.0. The number of hydrogen-bond donors (Lipinski definition) is 0. The lowest BCUT2D eigenvalue weighted by molar-refractivity contribution is -0.394. The number of hydrogen-bond acceptors (Lipinski definition) is 5. The summed E-state index contributed by atoms with van der Waals surface area (Å²) in [7, 11) is 0. The van der Waals surface area contributed by atoms with Crippen molar-refractivity contribution in [2.75, 3.05) is 11.4 Å². The lowest BCUT2D eigenvalue weighted by Crippen LogP contribution is -2.25. The fourth-order valence-electron chi connectivity index (χ4n) is 2.83. The van der Waals surface area contributed by atoms with Crippen molar-refractivity contribution in [1.29, 1.82) is 0 Å². The van der Waals surface area contributed by atoms with E-state index in [4.69, 9.17) is 0 Å². The van der Waals surface area contributed by atoms with Crippen molar-refractivity contribution in [2.24, 2.45) is 0 Å².